The Kier molecular flexibility index (Phi) is 4.39. The van der Waals surface area contributed by atoms with Crippen LogP contribution >= 0.6 is 0 Å². The third-order valence-electron chi connectivity index (χ3n) is 2.90. The highest BCUT2D eigenvalue weighted by molar-refractivity contribution is 5.63. The molecule has 0 aliphatic heterocycles. The first-order valence-electron chi connectivity index (χ1n) is 6.00. The highest BCUT2D eigenvalue weighted by Gasteiger charge is 2.04. The monoisotopic (exact) mass is 262 g/mol. The Hall–Kier alpha value is -2.03. The lowest BCUT2D eigenvalue weighted by atomic mass is 10.0. The summed E-state index contributed by atoms with van der Waals surface area (Å²) in [5, 5.41) is 0. The van der Waals surface area contributed by atoms with Gasteiger partial charge < -0.3 is 0 Å². The molecule has 3 heteroatoms. The largest absolute Gasteiger partial charge is 0.216 e. The molecule has 0 radical (unpaired) electrons. The van der Waals surface area contributed by atoms with Gasteiger partial charge in [-0.2, -0.15) is 0 Å². The second kappa shape index (κ2) is 6.23. The minimum Gasteiger partial charge on any atom is -0.216 e. The summed E-state index contributed by atoms with van der Waals surface area (Å²) >= 11 is 0. The summed E-state index contributed by atoms with van der Waals surface area (Å²) in [6, 6.07) is 11.3. The zero-order valence-electron chi connectivity index (χ0n) is 10.2. The molecule has 0 spiro atoms. The molecule has 0 aromatic heterocycles. The maximum absolute atomic E-state index is 13.1. The topological polar surface area (TPSA) is 0 Å². The normalized spacial score (nSPS) is 11.1. The summed E-state index contributed by atoms with van der Waals surface area (Å²) in [5.41, 5.74) is 2.53. The first-order valence-corrected chi connectivity index (χ1v) is 6.00. The van der Waals surface area contributed by atoms with E-state index in [9.17, 15) is 13.2 Å². The van der Waals surface area contributed by atoms with Crippen LogP contribution in [-0.4, -0.2) is 0 Å². The molecule has 0 nitrogen and oxygen atoms in total. The number of benzene rings is 2. The Morgan fingerprint density at radius 2 is 1.53 bits per heavy atom. The molecule has 0 aliphatic rings. The van der Waals surface area contributed by atoms with Gasteiger partial charge in [-0.15, -0.1) is 0 Å². The van der Waals surface area contributed by atoms with Gasteiger partial charge in [-0.25, -0.2) is 13.2 Å². The average molecular weight is 262 g/mol. The van der Waals surface area contributed by atoms with Crippen LogP contribution in [0.5, 0.6) is 0 Å². The SMILES string of the molecule is F/C=C/CCc1ccc(-c2ccc(F)c(F)c2)cc1. The molecule has 0 saturated heterocycles. The fourth-order valence-corrected chi connectivity index (χ4v) is 1.85. The summed E-state index contributed by atoms with van der Waals surface area (Å²) in [7, 11) is 0. The zero-order valence-corrected chi connectivity index (χ0v) is 10.2. The molecule has 0 atom stereocenters. The molecule has 0 fully saturated rings. The van der Waals surface area contributed by atoms with Gasteiger partial charge in [0.05, 0.1) is 6.33 Å². The van der Waals surface area contributed by atoms with E-state index in [2.05, 4.69) is 0 Å². The van der Waals surface area contributed by atoms with Crippen LogP contribution in [0.25, 0.3) is 11.1 Å². The maximum atomic E-state index is 13.1. The number of allylic oxidation sites excluding steroid dienone is 1. The van der Waals surface area contributed by atoms with Crippen molar-refractivity contribution in [2.45, 2.75) is 12.8 Å². The van der Waals surface area contributed by atoms with Crippen LogP contribution in [0, 0.1) is 11.6 Å². The Bertz CT molecular complexity index is 571. The van der Waals surface area contributed by atoms with Crippen LogP contribution in [-0.2, 0) is 6.42 Å². The van der Waals surface area contributed by atoms with E-state index in [0.717, 1.165) is 23.6 Å². The van der Waals surface area contributed by atoms with Crippen molar-refractivity contribution in [3.63, 3.8) is 0 Å². The summed E-state index contributed by atoms with van der Waals surface area (Å²) < 4.78 is 37.8. The van der Waals surface area contributed by atoms with Crippen molar-refractivity contribution < 1.29 is 13.2 Å². The summed E-state index contributed by atoms with van der Waals surface area (Å²) in [6.45, 7) is 0. The maximum Gasteiger partial charge on any atom is 0.159 e. The van der Waals surface area contributed by atoms with Gasteiger partial charge in [-0.3, -0.25) is 0 Å². The van der Waals surface area contributed by atoms with Gasteiger partial charge in [0.2, 0.25) is 0 Å². The highest BCUT2D eigenvalue weighted by Crippen LogP contribution is 2.22. The van der Waals surface area contributed by atoms with E-state index in [-0.39, 0.29) is 0 Å². The molecule has 2 aromatic carbocycles. The summed E-state index contributed by atoms with van der Waals surface area (Å²) in [6.07, 6.45) is 3.39. The van der Waals surface area contributed by atoms with Crippen molar-refractivity contribution in [3.8, 4) is 11.1 Å². The predicted octanol–water partition coefficient (Wildman–Crippen LogP) is 5.05. The fraction of sp³-hybridized carbons (Fsp3) is 0.125. The van der Waals surface area contributed by atoms with E-state index in [1.165, 1.54) is 12.1 Å². The van der Waals surface area contributed by atoms with Crippen molar-refractivity contribution in [2.24, 2.45) is 0 Å². The molecule has 19 heavy (non-hydrogen) atoms. The molecule has 0 saturated carbocycles. The highest BCUT2D eigenvalue weighted by atomic mass is 19.2. The number of hydrogen-bond acceptors (Lipinski definition) is 0. The number of halogens is 3. The lowest BCUT2D eigenvalue weighted by molar-refractivity contribution is 0.509. The van der Waals surface area contributed by atoms with Gasteiger partial charge in [-0.05, 0) is 41.7 Å². The predicted molar refractivity (Wildman–Crippen MR) is 70.4 cm³/mol. The first-order chi connectivity index (χ1) is 9.20. The fourth-order valence-electron chi connectivity index (χ4n) is 1.85. The van der Waals surface area contributed by atoms with Crippen LogP contribution in [0.2, 0.25) is 0 Å². The van der Waals surface area contributed by atoms with E-state index in [4.69, 9.17) is 0 Å². The quantitative estimate of drug-likeness (QED) is 0.723. The molecule has 0 N–H and O–H groups in total. The van der Waals surface area contributed by atoms with Crippen molar-refractivity contribution in [2.75, 3.05) is 0 Å². The third-order valence-corrected chi connectivity index (χ3v) is 2.90. The van der Waals surface area contributed by atoms with E-state index in [1.54, 1.807) is 6.07 Å². The molecule has 0 heterocycles. The van der Waals surface area contributed by atoms with Gasteiger partial charge in [0.15, 0.2) is 11.6 Å². The molecule has 0 bridgehead atoms. The molecular formula is C16H13F3. The van der Waals surface area contributed by atoms with E-state index < -0.39 is 11.6 Å². The number of rotatable bonds is 4. The molecular weight excluding hydrogens is 249 g/mol. The number of hydrogen-bond donors (Lipinski definition) is 0. The average Bonchev–Trinajstić information content (AvgIpc) is 2.43. The standard InChI is InChI=1S/C16H13F3/c17-10-2-1-3-12-4-6-13(7-5-12)14-8-9-15(18)16(19)11-14/h2,4-11H,1,3H2/b10-2+. The minimum absolute atomic E-state index is 0.537. The van der Waals surface area contributed by atoms with E-state index in [0.29, 0.717) is 18.3 Å². The van der Waals surface area contributed by atoms with Crippen molar-refractivity contribution >= 4 is 0 Å². The Morgan fingerprint density at radius 3 is 2.16 bits per heavy atom. The lowest BCUT2D eigenvalue weighted by Gasteiger charge is -2.04. The number of aryl methyl sites for hydroxylation is 1. The smallest absolute Gasteiger partial charge is 0.159 e. The zero-order chi connectivity index (χ0) is 13.7. The van der Waals surface area contributed by atoms with E-state index in [1.807, 2.05) is 24.3 Å². The molecule has 0 amide bonds. The molecule has 2 rings (SSSR count). The first kappa shape index (κ1) is 13.4. The second-order valence-electron chi connectivity index (χ2n) is 4.23. The molecule has 0 aliphatic carbocycles. The van der Waals surface area contributed by atoms with Crippen LogP contribution in [0.1, 0.15) is 12.0 Å². The van der Waals surface area contributed by atoms with E-state index >= 15 is 0 Å². The third kappa shape index (κ3) is 3.47. The van der Waals surface area contributed by atoms with Crippen molar-refractivity contribution in [1.29, 1.82) is 0 Å². The lowest BCUT2D eigenvalue weighted by Crippen LogP contribution is -1.87. The van der Waals surface area contributed by atoms with Crippen molar-refractivity contribution in [1.82, 2.24) is 0 Å². The summed E-state index contributed by atoms with van der Waals surface area (Å²) in [4.78, 5) is 0. The van der Waals surface area contributed by atoms with Crippen LogP contribution in [0.3, 0.4) is 0 Å². The van der Waals surface area contributed by atoms with Gasteiger partial charge in [0, 0.05) is 0 Å². The molecule has 98 valence electrons. The van der Waals surface area contributed by atoms with Crippen molar-refractivity contribution in [3.05, 3.63) is 72.1 Å². The Balaban J connectivity index is 2.15. The van der Waals surface area contributed by atoms with Gasteiger partial charge >= 0.3 is 0 Å². The van der Waals surface area contributed by atoms with Gasteiger partial charge in [0.1, 0.15) is 0 Å². The van der Waals surface area contributed by atoms with Crippen LogP contribution in [0.4, 0.5) is 13.2 Å². The molecule has 2 aromatic rings. The summed E-state index contributed by atoms with van der Waals surface area (Å²) in [5.74, 6) is -1.70. The van der Waals surface area contributed by atoms with Crippen LogP contribution in [0.15, 0.2) is 54.9 Å². The van der Waals surface area contributed by atoms with Gasteiger partial charge in [0.25, 0.3) is 0 Å². The van der Waals surface area contributed by atoms with Crippen LogP contribution < -0.4 is 0 Å². The molecule has 0 unspecified atom stereocenters. The second-order valence-corrected chi connectivity index (χ2v) is 4.23. The minimum atomic E-state index is -0.852. The Labute approximate surface area is 110 Å². The Morgan fingerprint density at radius 1 is 0.842 bits per heavy atom. The van der Waals surface area contributed by atoms with Gasteiger partial charge in [-0.1, -0.05) is 36.4 Å².